The molecular weight excluding hydrogens is 372 g/mol. The van der Waals surface area contributed by atoms with Crippen LogP contribution in [-0.4, -0.2) is 66.1 Å². The summed E-state index contributed by atoms with van der Waals surface area (Å²) in [7, 11) is 2.19. The second-order valence-electron chi connectivity index (χ2n) is 7.76. The van der Waals surface area contributed by atoms with Gasteiger partial charge in [-0.2, -0.15) is 5.26 Å². The van der Waals surface area contributed by atoms with Crippen molar-refractivity contribution in [1.82, 2.24) is 20.1 Å². The van der Waals surface area contributed by atoms with E-state index in [1.807, 2.05) is 6.07 Å². The highest BCUT2D eigenvalue weighted by Crippen LogP contribution is 2.27. The Labute approximate surface area is 169 Å². The first-order valence-electron chi connectivity index (χ1n) is 9.91. The molecule has 7 nitrogen and oxygen atoms in total. The first-order chi connectivity index (χ1) is 13.6. The predicted molar refractivity (Wildman–Crippen MR) is 112 cm³/mol. The lowest BCUT2D eigenvalue weighted by Gasteiger charge is -2.41. The van der Waals surface area contributed by atoms with E-state index in [0.29, 0.717) is 16.7 Å². The SMILES string of the molecule is CN1CCN(C2CCC(NC(=O)Nc3nc4ccc(C#N)cc4s3)CC2)CC1. The number of hydrogen-bond donors (Lipinski definition) is 2. The zero-order chi connectivity index (χ0) is 19.5. The molecule has 1 aliphatic carbocycles. The lowest BCUT2D eigenvalue weighted by atomic mass is 9.90. The van der Waals surface area contributed by atoms with Crippen LogP contribution < -0.4 is 10.6 Å². The number of rotatable bonds is 3. The van der Waals surface area contributed by atoms with E-state index in [-0.39, 0.29) is 12.1 Å². The Morgan fingerprint density at radius 3 is 2.68 bits per heavy atom. The molecule has 8 heteroatoms. The molecule has 2 aliphatic rings. The van der Waals surface area contributed by atoms with E-state index in [9.17, 15) is 4.79 Å². The van der Waals surface area contributed by atoms with Gasteiger partial charge < -0.3 is 10.2 Å². The predicted octanol–water partition coefficient (Wildman–Crippen LogP) is 2.85. The van der Waals surface area contributed by atoms with Crippen molar-refractivity contribution in [2.24, 2.45) is 0 Å². The average molecular weight is 399 g/mol. The van der Waals surface area contributed by atoms with Crippen molar-refractivity contribution in [3.8, 4) is 6.07 Å². The second kappa shape index (κ2) is 8.43. The second-order valence-corrected chi connectivity index (χ2v) is 8.79. The van der Waals surface area contributed by atoms with E-state index >= 15 is 0 Å². The summed E-state index contributed by atoms with van der Waals surface area (Å²) in [6, 6.07) is 8.17. The van der Waals surface area contributed by atoms with E-state index in [1.54, 1.807) is 12.1 Å². The Balaban J connectivity index is 1.26. The lowest BCUT2D eigenvalue weighted by Crippen LogP contribution is -2.51. The van der Waals surface area contributed by atoms with Crippen molar-refractivity contribution in [1.29, 1.82) is 5.26 Å². The Kier molecular flexibility index (Phi) is 5.76. The molecule has 1 aromatic heterocycles. The van der Waals surface area contributed by atoms with Crippen molar-refractivity contribution in [2.45, 2.75) is 37.8 Å². The summed E-state index contributed by atoms with van der Waals surface area (Å²) in [5.74, 6) is 0. The molecule has 0 atom stereocenters. The first kappa shape index (κ1) is 19.1. The smallest absolute Gasteiger partial charge is 0.321 e. The number of amides is 2. The van der Waals surface area contributed by atoms with Crippen LogP contribution in [0.3, 0.4) is 0 Å². The van der Waals surface area contributed by atoms with Gasteiger partial charge in [0.15, 0.2) is 5.13 Å². The van der Waals surface area contributed by atoms with Gasteiger partial charge >= 0.3 is 6.03 Å². The van der Waals surface area contributed by atoms with Gasteiger partial charge in [-0.3, -0.25) is 10.2 Å². The molecule has 1 saturated carbocycles. The van der Waals surface area contributed by atoms with Crippen molar-refractivity contribution < 1.29 is 4.79 Å². The molecule has 0 unspecified atom stereocenters. The third-order valence-electron chi connectivity index (χ3n) is 5.82. The number of benzene rings is 1. The molecule has 0 spiro atoms. The maximum atomic E-state index is 12.4. The lowest BCUT2D eigenvalue weighted by molar-refractivity contribution is 0.0862. The number of aromatic nitrogens is 1. The molecule has 2 N–H and O–H groups in total. The van der Waals surface area contributed by atoms with E-state index in [2.05, 4.69) is 38.5 Å². The van der Waals surface area contributed by atoms with E-state index in [4.69, 9.17) is 5.26 Å². The van der Waals surface area contributed by atoms with Gasteiger partial charge in [-0.05, 0) is 50.9 Å². The highest BCUT2D eigenvalue weighted by atomic mass is 32.1. The van der Waals surface area contributed by atoms with Crippen molar-refractivity contribution in [3.05, 3.63) is 23.8 Å². The Morgan fingerprint density at radius 2 is 1.96 bits per heavy atom. The number of hydrogen-bond acceptors (Lipinski definition) is 6. The highest BCUT2D eigenvalue weighted by molar-refractivity contribution is 7.22. The number of piperazine rings is 1. The molecule has 148 valence electrons. The maximum absolute atomic E-state index is 12.4. The number of fused-ring (bicyclic) bond motifs is 1. The molecule has 2 heterocycles. The van der Waals surface area contributed by atoms with Gasteiger partial charge in [0.2, 0.25) is 0 Å². The van der Waals surface area contributed by atoms with Gasteiger partial charge in [-0.25, -0.2) is 9.78 Å². The molecule has 0 bridgehead atoms. The zero-order valence-corrected chi connectivity index (χ0v) is 17.0. The van der Waals surface area contributed by atoms with Crippen LogP contribution in [0.2, 0.25) is 0 Å². The molecule has 28 heavy (non-hydrogen) atoms. The van der Waals surface area contributed by atoms with E-state index < -0.39 is 0 Å². The van der Waals surface area contributed by atoms with Gasteiger partial charge in [-0.1, -0.05) is 11.3 Å². The summed E-state index contributed by atoms with van der Waals surface area (Å²) in [5, 5.41) is 15.5. The third-order valence-corrected chi connectivity index (χ3v) is 6.76. The number of likely N-dealkylation sites (N-methyl/N-ethyl adjacent to an activating group) is 1. The Bertz CT molecular complexity index is 874. The summed E-state index contributed by atoms with van der Waals surface area (Å²) in [4.78, 5) is 21.8. The fourth-order valence-corrected chi connectivity index (χ4v) is 5.04. The number of urea groups is 1. The normalized spacial score (nSPS) is 24.0. The van der Waals surface area contributed by atoms with Crippen LogP contribution in [0.4, 0.5) is 9.93 Å². The zero-order valence-electron chi connectivity index (χ0n) is 16.1. The largest absolute Gasteiger partial charge is 0.335 e. The molecule has 2 fully saturated rings. The minimum Gasteiger partial charge on any atom is -0.335 e. The molecule has 2 aromatic rings. The van der Waals surface area contributed by atoms with Crippen LogP contribution in [0.15, 0.2) is 18.2 Å². The number of nitriles is 1. The van der Waals surface area contributed by atoms with Gasteiger partial charge in [0.05, 0.1) is 21.8 Å². The summed E-state index contributed by atoms with van der Waals surface area (Å²) >= 11 is 1.39. The topological polar surface area (TPSA) is 84.3 Å². The molecule has 4 rings (SSSR count). The van der Waals surface area contributed by atoms with Gasteiger partial charge in [0.25, 0.3) is 0 Å². The van der Waals surface area contributed by atoms with Crippen LogP contribution in [0, 0.1) is 11.3 Å². The fourth-order valence-electron chi connectivity index (χ4n) is 4.14. The minimum absolute atomic E-state index is 0.192. The van der Waals surface area contributed by atoms with Crippen molar-refractivity contribution >= 4 is 32.7 Å². The summed E-state index contributed by atoms with van der Waals surface area (Å²) in [6.45, 7) is 4.62. The van der Waals surface area contributed by atoms with Crippen LogP contribution in [0.1, 0.15) is 31.2 Å². The van der Waals surface area contributed by atoms with E-state index in [1.165, 1.54) is 11.3 Å². The number of thiazole rings is 1. The molecule has 1 aliphatic heterocycles. The molecule has 2 amide bonds. The third kappa shape index (κ3) is 4.43. The van der Waals surface area contributed by atoms with Crippen molar-refractivity contribution in [2.75, 3.05) is 38.5 Å². The summed E-state index contributed by atoms with van der Waals surface area (Å²) in [5.41, 5.74) is 1.40. The number of carbonyl (C=O) groups is 1. The monoisotopic (exact) mass is 398 g/mol. The van der Waals surface area contributed by atoms with Crippen LogP contribution >= 0.6 is 11.3 Å². The minimum atomic E-state index is -0.192. The number of nitrogens with zero attached hydrogens (tertiary/aromatic N) is 4. The molecule has 0 radical (unpaired) electrons. The quantitative estimate of drug-likeness (QED) is 0.831. The average Bonchev–Trinajstić information content (AvgIpc) is 3.10. The highest BCUT2D eigenvalue weighted by Gasteiger charge is 2.28. The van der Waals surface area contributed by atoms with Gasteiger partial charge in [0.1, 0.15) is 0 Å². The Hall–Kier alpha value is -2.21. The standard InChI is InChI=1S/C20H26N6OS/c1-25-8-10-26(11-9-25)16-5-3-15(4-6-16)22-19(27)24-20-23-17-7-2-14(13-21)12-18(17)28-20/h2,7,12,15-16H,3-6,8-11H2,1H3,(H2,22,23,24,27). The van der Waals surface area contributed by atoms with Crippen LogP contribution in [0.5, 0.6) is 0 Å². The van der Waals surface area contributed by atoms with Crippen LogP contribution in [0.25, 0.3) is 10.2 Å². The summed E-state index contributed by atoms with van der Waals surface area (Å²) < 4.78 is 0.905. The molecule has 1 aromatic carbocycles. The number of carbonyl (C=O) groups excluding carboxylic acids is 1. The molecular formula is C20H26N6OS. The maximum Gasteiger partial charge on any atom is 0.321 e. The van der Waals surface area contributed by atoms with Crippen LogP contribution in [-0.2, 0) is 0 Å². The summed E-state index contributed by atoms with van der Waals surface area (Å²) in [6.07, 6.45) is 4.34. The Morgan fingerprint density at radius 1 is 1.21 bits per heavy atom. The fraction of sp³-hybridized carbons (Fsp3) is 0.550. The van der Waals surface area contributed by atoms with E-state index in [0.717, 1.165) is 62.1 Å². The first-order valence-corrected chi connectivity index (χ1v) is 10.7. The molecule has 1 saturated heterocycles. The van der Waals surface area contributed by atoms with Crippen molar-refractivity contribution in [3.63, 3.8) is 0 Å². The van der Waals surface area contributed by atoms with Gasteiger partial charge in [-0.15, -0.1) is 0 Å². The van der Waals surface area contributed by atoms with Gasteiger partial charge in [0, 0.05) is 38.3 Å². The number of anilines is 1. The number of nitrogens with one attached hydrogen (secondary N) is 2.